The fraction of sp³-hybridized carbons (Fsp3) is 0.579. The molecule has 6 nitrogen and oxygen atoms in total. The minimum absolute atomic E-state index is 0.0403. The SMILES string of the molecule is Nc1ccc(C(=O)N2CCN(CC(=O)N3CCCCCC3)CC2)cc1. The number of nitrogens with zero attached hydrogens (tertiary/aromatic N) is 3. The van der Waals surface area contributed by atoms with Crippen molar-refractivity contribution < 1.29 is 9.59 Å². The van der Waals surface area contributed by atoms with Crippen LogP contribution in [0.3, 0.4) is 0 Å². The fourth-order valence-corrected chi connectivity index (χ4v) is 3.53. The molecule has 1 aromatic carbocycles. The molecule has 0 radical (unpaired) electrons. The summed E-state index contributed by atoms with van der Waals surface area (Å²) in [5.74, 6) is 0.277. The first-order chi connectivity index (χ1) is 12.1. The summed E-state index contributed by atoms with van der Waals surface area (Å²) in [6.45, 7) is 5.10. The lowest BCUT2D eigenvalue weighted by Crippen LogP contribution is -2.51. The van der Waals surface area contributed by atoms with E-state index in [1.54, 1.807) is 24.3 Å². The van der Waals surface area contributed by atoms with Gasteiger partial charge in [-0.15, -0.1) is 0 Å². The molecule has 2 amide bonds. The third-order valence-electron chi connectivity index (χ3n) is 5.13. The molecule has 2 aliphatic heterocycles. The molecule has 2 aliphatic rings. The van der Waals surface area contributed by atoms with Gasteiger partial charge >= 0.3 is 0 Å². The molecule has 2 N–H and O–H groups in total. The molecule has 0 atom stereocenters. The standard InChI is InChI=1S/C19H28N4O2/c20-17-7-5-16(6-8-17)19(25)23-13-11-21(12-14-23)15-18(24)22-9-3-1-2-4-10-22/h5-8H,1-4,9-15,20H2. The first-order valence-corrected chi connectivity index (χ1v) is 9.28. The highest BCUT2D eigenvalue weighted by molar-refractivity contribution is 5.94. The van der Waals surface area contributed by atoms with E-state index in [0.717, 1.165) is 39.0 Å². The Morgan fingerprint density at radius 2 is 1.40 bits per heavy atom. The Morgan fingerprint density at radius 3 is 2.00 bits per heavy atom. The molecule has 136 valence electrons. The largest absolute Gasteiger partial charge is 0.399 e. The van der Waals surface area contributed by atoms with Crippen molar-refractivity contribution in [1.29, 1.82) is 0 Å². The van der Waals surface area contributed by atoms with Crippen LogP contribution in [-0.4, -0.2) is 72.3 Å². The van der Waals surface area contributed by atoms with Crippen molar-refractivity contribution in [2.75, 3.05) is 51.5 Å². The third kappa shape index (κ3) is 4.72. The number of nitrogens with two attached hydrogens (primary N) is 1. The average molecular weight is 344 g/mol. The van der Waals surface area contributed by atoms with Crippen LogP contribution in [0.25, 0.3) is 0 Å². The summed E-state index contributed by atoms with van der Waals surface area (Å²) in [4.78, 5) is 31.0. The Kier molecular flexibility index (Phi) is 5.91. The summed E-state index contributed by atoms with van der Waals surface area (Å²) < 4.78 is 0. The third-order valence-corrected chi connectivity index (χ3v) is 5.13. The normalized spacial score (nSPS) is 19.5. The average Bonchev–Trinajstić information content (AvgIpc) is 2.92. The lowest BCUT2D eigenvalue weighted by atomic mass is 10.1. The van der Waals surface area contributed by atoms with Crippen molar-refractivity contribution in [1.82, 2.24) is 14.7 Å². The van der Waals surface area contributed by atoms with E-state index in [1.807, 2.05) is 9.80 Å². The highest BCUT2D eigenvalue weighted by Crippen LogP contribution is 2.13. The summed E-state index contributed by atoms with van der Waals surface area (Å²) in [7, 11) is 0. The first kappa shape index (κ1) is 17.7. The van der Waals surface area contributed by atoms with Crippen LogP contribution in [-0.2, 0) is 4.79 Å². The van der Waals surface area contributed by atoms with Gasteiger partial charge in [-0.25, -0.2) is 0 Å². The van der Waals surface area contributed by atoms with Crippen LogP contribution in [0.2, 0.25) is 0 Å². The molecule has 0 aromatic heterocycles. The maximum atomic E-state index is 12.5. The second-order valence-corrected chi connectivity index (χ2v) is 6.99. The van der Waals surface area contributed by atoms with Gasteiger partial charge in [0.15, 0.2) is 0 Å². The second kappa shape index (κ2) is 8.34. The van der Waals surface area contributed by atoms with E-state index in [-0.39, 0.29) is 11.8 Å². The van der Waals surface area contributed by atoms with Gasteiger partial charge in [-0.05, 0) is 37.1 Å². The monoisotopic (exact) mass is 344 g/mol. The van der Waals surface area contributed by atoms with Crippen LogP contribution < -0.4 is 5.73 Å². The van der Waals surface area contributed by atoms with Crippen LogP contribution in [0.4, 0.5) is 5.69 Å². The van der Waals surface area contributed by atoms with E-state index in [9.17, 15) is 9.59 Å². The summed E-state index contributed by atoms with van der Waals surface area (Å²) in [6.07, 6.45) is 4.70. The maximum absolute atomic E-state index is 12.5. The number of carbonyl (C=O) groups excluding carboxylic acids is 2. The van der Waals surface area contributed by atoms with Gasteiger partial charge < -0.3 is 15.5 Å². The summed E-state index contributed by atoms with van der Waals surface area (Å²) >= 11 is 0. The number of hydrogen-bond acceptors (Lipinski definition) is 4. The zero-order chi connectivity index (χ0) is 17.6. The van der Waals surface area contributed by atoms with Crippen molar-refractivity contribution in [2.45, 2.75) is 25.7 Å². The molecule has 25 heavy (non-hydrogen) atoms. The number of nitrogen functional groups attached to an aromatic ring is 1. The topological polar surface area (TPSA) is 69.9 Å². The molecule has 0 bridgehead atoms. The van der Waals surface area contributed by atoms with E-state index < -0.39 is 0 Å². The van der Waals surface area contributed by atoms with Gasteiger partial charge in [-0.1, -0.05) is 12.8 Å². The van der Waals surface area contributed by atoms with Gasteiger partial charge in [0.2, 0.25) is 5.91 Å². The number of hydrogen-bond donors (Lipinski definition) is 1. The fourth-order valence-electron chi connectivity index (χ4n) is 3.53. The van der Waals surface area contributed by atoms with Crippen molar-refractivity contribution in [2.24, 2.45) is 0 Å². The van der Waals surface area contributed by atoms with Crippen LogP contribution in [0.5, 0.6) is 0 Å². The van der Waals surface area contributed by atoms with Gasteiger partial charge in [0, 0.05) is 50.5 Å². The molecule has 2 heterocycles. The van der Waals surface area contributed by atoms with Crippen molar-refractivity contribution in [3.63, 3.8) is 0 Å². The number of rotatable bonds is 3. The number of likely N-dealkylation sites (tertiary alicyclic amines) is 1. The minimum atomic E-state index is 0.0403. The first-order valence-electron chi connectivity index (χ1n) is 9.28. The van der Waals surface area contributed by atoms with E-state index >= 15 is 0 Å². The Bertz CT molecular complexity index is 586. The molecule has 1 aromatic rings. The van der Waals surface area contributed by atoms with Gasteiger partial charge in [0.05, 0.1) is 6.54 Å². The number of piperazine rings is 1. The highest BCUT2D eigenvalue weighted by atomic mass is 16.2. The van der Waals surface area contributed by atoms with Crippen LogP contribution in [0, 0.1) is 0 Å². The van der Waals surface area contributed by atoms with Gasteiger partial charge in [-0.2, -0.15) is 0 Å². The molecule has 2 saturated heterocycles. The number of amides is 2. The minimum Gasteiger partial charge on any atom is -0.399 e. The van der Waals surface area contributed by atoms with Gasteiger partial charge in [0.25, 0.3) is 5.91 Å². The Hall–Kier alpha value is -2.08. The number of benzene rings is 1. The Labute approximate surface area is 149 Å². The molecular formula is C19H28N4O2. The highest BCUT2D eigenvalue weighted by Gasteiger charge is 2.25. The lowest BCUT2D eigenvalue weighted by Gasteiger charge is -2.35. The van der Waals surface area contributed by atoms with Gasteiger partial charge in [-0.3, -0.25) is 14.5 Å². The summed E-state index contributed by atoms with van der Waals surface area (Å²) in [5, 5.41) is 0. The molecule has 0 saturated carbocycles. The summed E-state index contributed by atoms with van der Waals surface area (Å²) in [5.41, 5.74) is 7.00. The van der Waals surface area contributed by atoms with E-state index in [1.165, 1.54) is 12.8 Å². The van der Waals surface area contributed by atoms with E-state index in [0.29, 0.717) is 30.9 Å². The molecule has 0 unspecified atom stereocenters. The quantitative estimate of drug-likeness (QED) is 0.842. The zero-order valence-corrected chi connectivity index (χ0v) is 14.8. The van der Waals surface area contributed by atoms with Crippen LogP contribution in [0.1, 0.15) is 36.0 Å². The molecule has 6 heteroatoms. The molecule has 3 rings (SSSR count). The maximum Gasteiger partial charge on any atom is 0.253 e. The predicted molar refractivity (Wildman–Crippen MR) is 98.2 cm³/mol. The lowest BCUT2D eigenvalue weighted by molar-refractivity contribution is -0.132. The number of carbonyl (C=O) groups is 2. The van der Waals surface area contributed by atoms with E-state index in [4.69, 9.17) is 5.73 Å². The predicted octanol–water partition coefficient (Wildman–Crippen LogP) is 1.43. The van der Waals surface area contributed by atoms with Crippen LogP contribution >= 0.6 is 0 Å². The molecular weight excluding hydrogens is 316 g/mol. The molecule has 2 fully saturated rings. The van der Waals surface area contributed by atoms with E-state index in [2.05, 4.69) is 4.90 Å². The zero-order valence-electron chi connectivity index (χ0n) is 14.8. The smallest absolute Gasteiger partial charge is 0.253 e. The van der Waals surface area contributed by atoms with Crippen molar-refractivity contribution in [3.8, 4) is 0 Å². The molecule has 0 aliphatic carbocycles. The molecule has 0 spiro atoms. The summed E-state index contributed by atoms with van der Waals surface area (Å²) in [6, 6.07) is 7.05. The Morgan fingerprint density at radius 1 is 0.800 bits per heavy atom. The number of anilines is 1. The van der Waals surface area contributed by atoms with Crippen molar-refractivity contribution in [3.05, 3.63) is 29.8 Å². The van der Waals surface area contributed by atoms with Crippen LogP contribution in [0.15, 0.2) is 24.3 Å². The Balaban J connectivity index is 1.47. The van der Waals surface area contributed by atoms with Crippen molar-refractivity contribution >= 4 is 17.5 Å². The second-order valence-electron chi connectivity index (χ2n) is 6.99. The van der Waals surface area contributed by atoms with Gasteiger partial charge in [0.1, 0.15) is 0 Å².